The van der Waals surface area contributed by atoms with Crippen LogP contribution < -0.4 is 4.74 Å². The molecule has 1 saturated carbocycles. The summed E-state index contributed by atoms with van der Waals surface area (Å²) in [5.41, 5.74) is 1.22. The van der Waals surface area contributed by atoms with E-state index in [2.05, 4.69) is 34.7 Å². The second-order valence-corrected chi connectivity index (χ2v) is 6.10. The molecule has 17 heavy (non-hydrogen) atoms. The van der Waals surface area contributed by atoms with E-state index < -0.39 is 0 Å². The molecule has 0 aliphatic heterocycles. The fraction of sp³-hybridized carbons (Fsp3) is 0.571. The fourth-order valence-corrected chi connectivity index (χ4v) is 3.17. The van der Waals surface area contributed by atoms with Gasteiger partial charge in [-0.3, -0.25) is 0 Å². The van der Waals surface area contributed by atoms with Gasteiger partial charge in [0.15, 0.2) is 0 Å². The fourth-order valence-electron chi connectivity index (χ4n) is 2.16. The first-order valence-electron chi connectivity index (χ1n) is 6.18. The van der Waals surface area contributed by atoms with Gasteiger partial charge in [-0.25, -0.2) is 0 Å². The molecule has 3 heteroatoms. The van der Waals surface area contributed by atoms with Crippen molar-refractivity contribution in [2.45, 2.75) is 42.3 Å². The highest BCUT2D eigenvalue weighted by atomic mass is 127. The first kappa shape index (κ1) is 13.1. The van der Waals surface area contributed by atoms with E-state index in [9.17, 15) is 0 Å². The molecule has 0 spiro atoms. The van der Waals surface area contributed by atoms with Crippen molar-refractivity contribution in [3.8, 4) is 5.75 Å². The molecule has 1 fully saturated rings. The van der Waals surface area contributed by atoms with Gasteiger partial charge in [-0.2, -0.15) is 0 Å². The Morgan fingerprint density at radius 2 is 1.88 bits per heavy atom. The Bertz CT molecular complexity index is 337. The maximum atomic E-state index is 6.01. The second kappa shape index (κ2) is 6.59. The molecule has 0 radical (unpaired) electrons. The number of benzene rings is 1. The summed E-state index contributed by atoms with van der Waals surface area (Å²) >= 11 is 2.53. The molecule has 1 aliphatic rings. The molecule has 2 unspecified atom stereocenters. The molecular weight excluding hydrogens is 327 g/mol. The van der Waals surface area contributed by atoms with E-state index in [1.165, 1.54) is 31.2 Å². The van der Waals surface area contributed by atoms with Crippen LogP contribution in [0, 0.1) is 0 Å². The van der Waals surface area contributed by atoms with Gasteiger partial charge in [0.2, 0.25) is 0 Å². The van der Waals surface area contributed by atoms with Crippen LogP contribution in [0.3, 0.4) is 0 Å². The number of hydrogen-bond acceptors (Lipinski definition) is 2. The molecule has 1 aromatic carbocycles. The smallest absolute Gasteiger partial charge is 0.118 e. The molecule has 0 aromatic heterocycles. The van der Waals surface area contributed by atoms with Crippen LogP contribution in [-0.2, 0) is 11.3 Å². The minimum absolute atomic E-state index is 0.437. The van der Waals surface area contributed by atoms with Crippen LogP contribution in [0.2, 0.25) is 0 Å². The lowest BCUT2D eigenvalue weighted by molar-refractivity contribution is 0.0245. The number of rotatable bonds is 4. The maximum Gasteiger partial charge on any atom is 0.118 e. The Morgan fingerprint density at radius 3 is 2.53 bits per heavy atom. The summed E-state index contributed by atoms with van der Waals surface area (Å²) in [7, 11) is 1.69. The molecule has 0 amide bonds. The van der Waals surface area contributed by atoms with Crippen molar-refractivity contribution in [1.82, 2.24) is 0 Å². The molecular formula is C14H19IO2. The molecule has 2 nitrogen and oxygen atoms in total. The molecule has 2 atom stereocenters. The summed E-state index contributed by atoms with van der Waals surface area (Å²) < 4.78 is 11.8. The summed E-state index contributed by atoms with van der Waals surface area (Å²) in [6, 6.07) is 8.12. The average Bonchev–Trinajstić information content (AvgIpc) is 2.38. The highest BCUT2D eigenvalue weighted by Gasteiger charge is 2.22. The highest BCUT2D eigenvalue weighted by Crippen LogP contribution is 2.28. The van der Waals surface area contributed by atoms with Crippen molar-refractivity contribution < 1.29 is 9.47 Å². The number of alkyl halides is 1. The van der Waals surface area contributed by atoms with Crippen LogP contribution >= 0.6 is 22.6 Å². The second-order valence-electron chi connectivity index (χ2n) is 4.50. The van der Waals surface area contributed by atoms with Crippen molar-refractivity contribution in [1.29, 1.82) is 0 Å². The van der Waals surface area contributed by atoms with Gasteiger partial charge in [0, 0.05) is 3.92 Å². The Hall–Kier alpha value is -0.290. The molecule has 2 rings (SSSR count). The predicted molar refractivity (Wildman–Crippen MR) is 77.8 cm³/mol. The van der Waals surface area contributed by atoms with Crippen LogP contribution in [0.5, 0.6) is 5.75 Å². The molecule has 1 aromatic rings. The minimum atomic E-state index is 0.437. The summed E-state index contributed by atoms with van der Waals surface area (Å²) in [4.78, 5) is 0. The maximum absolute atomic E-state index is 6.01. The predicted octanol–water partition coefficient (Wildman–Crippen LogP) is 3.96. The van der Waals surface area contributed by atoms with Gasteiger partial charge in [-0.15, -0.1) is 0 Å². The monoisotopic (exact) mass is 346 g/mol. The highest BCUT2D eigenvalue weighted by molar-refractivity contribution is 14.1. The Morgan fingerprint density at radius 1 is 1.18 bits per heavy atom. The number of methoxy groups -OCH3 is 1. The van der Waals surface area contributed by atoms with Crippen molar-refractivity contribution in [3.05, 3.63) is 29.8 Å². The van der Waals surface area contributed by atoms with E-state index in [0.717, 1.165) is 5.75 Å². The van der Waals surface area contributed by atoms with Gasteiger partial charge < -0.3 is 9.47 Å². The van der Waals surface area contributed by atoms with Crippen LogP contribution in [0.4, 0.5) is 0 Å². The van der Waals surface area contributed by atoms with E-state index in [4.69, 9.17) is 9.47 Å². The number of halogens is 1. The zero-order valence-corrected chi connectivity index (χ0v) is 12.4. The zero-order chi connectivity index (χ0) is 12.1. The van der Waals surface area contributed by atoms with Gasteiger partial charge >= 0.3 is 0 Å². The third kappa shape index (κ3) is 3.85. The van der Waals surface area contributed by atoms with E-state index in [1.54, 1.807) is 7.11 Å². The molecule has 0 bridgehead atoms. The van der Waals surface area contributed by atoms with Crippen molar-refractivity contribution in [3.63, 3.8) is 0 Å². The lowest BCUT2D eigenvalue weighted by Gasteiger charge is -2.27. The lowest BCUT2D eigenvalue weighted by Crippen LogP contribution is -2.27. The Balaban J connectivity index is 1.84. The zero-order valence-electron chi connectivity index (χ0n) is 10.2. The van der Waals surface area contributed by atoms with Crippen molar-refractivity contribution in [2.75, 3.05) is 7.11 Å². The summed E-state index contributed by atoms with van der Waals surface area (Å²) in [5.74, 6) is 0.901. The summed E-state index contributed by atoms with van der Waals surface area (Å²) in [6.45, 7) is 0.716. The Kier molecular flexibility index (Phi) is 5.10. The summed E-state index contributed by atoms with van der Waals surface area (Å²) in [5, 5.41) is 0. The third-order valence-electron chi connectivity index (χ3n) is 3.25. The van der Waals surface area contributed by atoms with Crippen LogP contribution in [-0.4, -0.2) is 17.1 Å². The van der Waals surface area contributed by atoms with Crippen molar-refractivity contribution >= 4 is 22.6 Å². The molecule has 0 saturated heterocycles. The minimum Gasteiger partial charge on any atom is -0.497 e. The quantitative estimate of drug-likeness (QED) is 0.607. The van der Waals surface area contributed by atoms with Crippen LogP contribution in [0.1, 0.15) is 31.2 Å². The van der Waals surface area contributed by atoms with Gasteiger partial charge in [0.25, 0.3) is 0 Å². The SMILES string of the molecule is COc1ccc(COC2CCCCC2I)cc1. The number of ether oxygens (including phenoxy) is 2. The first-order chi connectivity index (χ1) is 8.29. The van der Waals surface area contributed by atoms with Gasteiger partial charge in [0.1, 0.15) is 5.75 Å². The van der Waals surface area contributed by atoms with E-state index >= 15 is 0 Å². The van der Waals surface area contributed by atoms with E-state index in [1.807, 2.05) is 12.1 Å². The molecule has 94 valence electrons. The molecule has 0 N–H and O–H groups in total. The topological polar surface area (TPSA) is 18.5 Å². The standard InChI is InChI=1S/C14H19IO2/c1-16-12-8-6-11(7-9-12)10-17-14-5-3-2-4-13(14)15/h6-9,13-14H,2-5,10H2,1H3. The first-order valence-corrected chi connectivity index (χ1v) is 7.43. The lowest BCUT2D eigenvalue weighted by atomic mass is 9.98. The van der Waals surface area contributed by atoms with Crippen LogP contribution in [0.25, 0.3) is 0 Å². The van der Waals surface area contributed by atoms with Crippen LogP contribution in [0.15, 0.2) is 24.3 Å². The molecule has 0 heterocycles. The van der Waals surface area contributed by atoms with E-state index in [-0.39, 0.29) is 0 Å². The largest absolute Gasteiger partial charge is 0.497 e. The van der Waals surface area contributed by atoms with Gasteiger partial charge in [0.05, 0.1) is 19.8 Å². The van der Waals surface area contributed by atoms with Gasteiger partial charge in [-0.1, -0.05) is 47.6 Å². The van der Waals surface area contributed by atoms with E-state index in [0.29, 0.717) is 16.6 Å². The molecule has 1 aliphatic carbocycles. The van der Waals surface area contributed by atoms with Gasteiger partial charge in [-0.05, 0) is 30.5 Å². The number of hydrogen-bond donors (Lipinski definition) is 0. The third-order valence-corrected chi connectivity index (χ3v) is 4.67. The van der Waals surface area contributed by atoms with Crippen molar-refractivity contribution in [2.24, 2.45) is 0 Å². The normalized spacial score (nSPS) is 24.6. The summed E-state index contributed by atoms with van der Waals surface area (Å²) in [6.07, 6.45) is 5.62. The average molecular weight is 346 g/mol. The Labute approximate surface area is 117 Å².